The van der Waals surface area contributed by atoms with Gasteiger partial charge in [0.1, 0.15) is 11.4 Å². The molecule has 3 aromatic heterocycles. The van der Waals surface area contributed by atoms with E-state index in [2.05, 4.69) is 20.3 Å². The van der Waals surface area contributed by atoms with Gasteiger partial charge in [0, 0.05) is 56.2 Å². The summed E-state index contributed by atoms with van der Waals surface area (Å²) in [6, 6.07) is 5.63. The fourth-order valence-electron chi connectivity index (χ4n) is 5.35. The third kappa shape index (κ3) is 6.63. The highest BCUT2D eigenvalue weighted by molar-refractivity contribution is 6.08. The van der Waals surface area contributed by atoms with Gasteiger partial charge in [-0.1, -0.05) is 5.57 Å². The average molecular weight is 601 g/mol. The second-order valence-corrected chi connectivity index (χ2v) is 12.6. The van der Waals surface area contributed by atoms with Crippen molar-refractivity contribution in [2.45, 2.75) is 60.1 Å². The molecule has 44 heavy (non-hydrogen) atoms. The molecule has 0 aliphatic carbocycles. The van der Waals surface area contributed by atoms with E-state index in [1.165, 1.54) is 0 Å². The lowest BCUT2D eigenvalue weighted by atomic mass is 9.95. The first-order valence-corrected chi connectivity index (χ1v) is 14.9. The zero-order valence-corrected chi connectivity index (χ0v) is 26.4. The van der Waals surface area contributed by atoms with Gasteiger partial charge in [-0.15, -0.1) is 0 Å². The number of ether oxygens (including phenoxy) is 1. The van der Waals surface area contributed by atoms with Gasteiger partial charge in [0.25, 0.3) is 11.8 Å². The predicted molar refractivity (Wildman–Crippen MR) is 169 cm³/mol. The largest absolute Gasteiger partial charge is 0.444 e. The summed E-state index contributed by atoms with van der Waals surface area (Å²) < 4.78 is 7.29. The van der Waals surface area contributed by atoms with Crippen LogP contribution in [-0.4, -0.2) is 86.6 Å². The van der Waals surface area contributed by atoms with E-state index in [0.717, 1.165) is 17.0 Å². The molecule has 1 N–H and O–H groups in total. The molecular weight excluding hydrogens is 560 g/mol. The number of carbonyl (C=O) groups excluding carboxylic acids is 3. The van der Waals surface area contributed by atoms with Gasteiger partial charge in [0.15, 0.2) is 5.65 Å². The van der Waals surface area contributed by atoms with Crippen molar-refractivity contribution in [1.29, 1.82) is 0 Å². The van der Waals surface area contributed by atoms with Gasteiger partial charge in [0.05, 0.1) is 28.8 Å². The lowest BCUT2D eigenvalue weighted by Gasteiger charge is -2.36. The van der Waals surface area contributed by atoms with Gasteiger partial charge in [-0.05, 0) is 72.7 Å². The fourth-order valence-corrected chi connectivity index (χ4v) is 5.35. The van der Waals surface area contributed by atoms with Crippen molar-refractivity contribution in [3.63, 3.8) is 0 Å². The predicted octanol–water partition coefficient (Wildman–Crippen LogP) is 4.42. The van der Waals surface area contributed by atoms with Crippen LogP contribution in [0.15, 0.2) is 47.2 Å². The number of pyridine rings is 2. The molecule has 5 rings (SSSR count). The van der Waals surface area contributed by atoms with Crippen LogP contribution in [0.25, 0.3) is 22.3 Å². The Morgan fingerprint density at radius 3 is 2.43 bits per heavy atom. The smallest absolute Gasteiger partial charge is 0.410 e. The van der Waals surface area contributed by atoms with Crippen molar-refractivity contribution < 1.29 is 19.1 Å². The van der Waals surface area contributed by atoms with Crippen LogP contribution >= 0.6 is 0 Å². The molecule has 3 amide bonds. The number of amides is 3. The summed E-state index contributed by atoms with van der Waals surface area (Å²) >= 11 is 0. The van der Waals surface area contributed by atoms with Crippen LogP contribution in [0, 0.1) is 5.92 Å². The molecule has 1 atom stereocenters. The second-order valence-electron chi connectivity index (χ2n) is 12.6. The maximum Gasteiger partial charge on any atom is 0.410 e. The molecule has 0 spiro atoms. The number of nitrogens with one attached hydrogen (secondary N) is 1. The number of anilines is 1. The topological polar surface area (TPSA) is 135 Å². The quantitative estimate of drug-likeness (QED) is 0.439. The summed E-state index contributed by atoms with van der Waals surface area (Å²) in [6.45, 7) is 15.8. The summed E-state index contributed by atoms with van der Waals surface area (Å²) in [5.41, 5.74) is 3.35. The zero-order chi connectivity index (χ0) is 31.8. The summed E-state index contributed by atoms with van der Waals surface area (Å²) in [5.74, 6) is -0.280. The van der Waals surface area contributed by atoms with Crippen LogP contribution in [0.1, 0.15) is 64.9 Å². The van der Waals surface area contributed by atoms with Crippen LogP contribution in [-0.2, 0) is 9.53 Å². The van der Waals surface area contributed by atoms with E-state index in [9.17, 15) is 14.4 Å². The molecule has 0 saturated carbocycles. The summed E-state index contributed by atoms with van der Waals surface area (Å²) in [6.07, 6.45) is 4.97. The van der Waals surface area contributed by atoms with E-state index >= 15 is 0 Å². The number of hydrogen-bond acceptors (Lipinski definition) is 8. The maximum atomic E-state index is 13.6. The van der Waals surface area contributed by atoms with E-state index in [1.54, 1.807) is 35.0 Å². The van der Waals surface area contributed by atoms with Crippen LogP contribution in [0.5, 0.6) is 0 Å². The number of aromatic nitrogens is 4. The second kappa shape index (κ2) is 12.2. The number of nitrogens with zero attached hydrogens (tertiary/aromatic N) is 7. The molecule has 1 unspecified atom stereocenters. The van der Waals surface area contributed by atoms with E-state index in [-0.39, 0.29) is 30.5 Å². The van der Waals surface area contributed by atoms with Crippen molar-refractivity contribution in [2.24, 2.45) is 10.9 Å². The Labute approximate surface area is 257 Å². The third-order valence-electron chi connectivity index (χ3n) is 7.64. The fraction of sp³-hybridized carbons (Fsp3) is 0.469. The molecular formula is C32H40N8O4. The number of piperazine rings is 1. The Kier molecular flexibility index (Phi) is 8.53. The van der Waals surface area contributed by atoms with Gasteiger partial charge < -0.3 is 19.9 Å². The Morgan fingerprint density at radius 2 is 1.82 bits per heavy atom. The number of aliphatic imine (C=N–C) groups is 1. The normalized spacial score (nSPS) is 17.5. The molecule has 0 aromatic carbocycles. The molecule has 1 fully saturated rings. The standard InChI is InChI=1S/C32H40N8O4/c1-19(2)40-28-25(18-35-40)23(29(41)34-17-24-20(3)14-21(4)36-30(24)42)15-26(37-28)22-8-9-27(33-16-22)38-10-12-39(13-11-38)31(43)44-32(5,6)7/h8-9,14-16,18-19,24H,10-13,17H2,1-7H3,(H,34,41). The molecule has 3 aromatic rings. The lowest BCUT2D eigenvalue weighted by Crippen LogP contribution is -2.50. The SMILES string of the molecule is CC1=CC(C)=NC(=O)C1CNC(=O)c1cc(-c2ccc(N3CCN(C(=O)OC(C)(C)C)CC3)nc2)nc2c1cnn2C(C)C. The highest BCUT2D eigenvalue weighted by atomic mass is 16.6. The number of hydrogen-bond donors (Lipinski definition) is 1. The Balaban J connectivity index is 1.35. The van der Waals surface area contributed by atoms with E-state index in [1.807, 2.05) is 59.8 Å². The molecule has 2 aliphatic heterocycles. The first kappa shape index (κ1) is 30.8. The molecule has 0 radical (unpaired) electrons. The van der Waals surface area contributed by atoms with Gasteiger partial charge in [0.2, 0.25) is 0 Å². The van der Waals surface area contributed by atoms with Crippen molar-refractivity contribution in [2.75, 3.05) is 37.6 Å². The number of fused-ring (bicyclic) bond motifs is 1. The number of rotatable bonds is 6. The van der Waals surface area contributed by atoms with E-state index < -0.39 is 11.5 Å². The summed E-state index contributed by atoms with van der Waals surface area (Å²) in [5, 5.41) is 8.07. The van der Waals surface area contributed by atoms with Crippen molar-refractivity contribution in [3.05, 3.63) is 47.8 Å². The van der Waals surface area contributed by atoms with Crippen molar-refractivity contribution >= 4 is 40.5 Å². The van der Waals surface area contributed by atoms with Crippen LogP contribution < -0.4 is 10.2 Å². The monoisotopic (exact) mass is 600 g/mol. The lowest BCUT2D eigenvalue weighted by molar-refractivity contribution is -0.120. The molecule has 1 saturated heterocycles. The van der Waals surface area contributed by atoms with E-state index in [4.69, 9.17) is 14.7 Å². The first-order chi connectivity index (χ1) is 20.8. The van der Waals surface area contributed by atoms with Crippen LogP contribution in [0.3, 0.4) is 0 Å². The van der Waals surface area contributed by atoms with Gasteiger partial charge in [-0.2, -0.15) is 5.10 Å². The molecule has 0 bridgehead atoms. The van der Waals surface area contributed by atoms with Crippen molar-refractivity contribution in [3.8, 4) is 11.3 Å². The Bertz CT molecular complexity index is 1640. The van der Waals surface area contributed by atoms with E-state index in [0.29, 0.717) is 54.2 Å². The summed E-state index contributed by atoms with van der Waals surface area (Å²) in [4.78, 5) is 56.0. The molecule has 12 nitrogen and oxygen atoms in total. The molecule has 5 heterocycles. The minimum atomic E-state index is -0.533. The Morgan fingerprint density at radius 1 is 1.09 bits per heavy atom. The minimum absolute atomic E-state index is 0.0276. The number of dihydropyridines is 1. The van der Waals surface area contributed by atoms with Gasteiger partial charge in [-0.25, -0.2) is 24.4 Å². The number of allylic oxidation sites excluding steroid dienone is 1. The van der Waals surface area contributed by atoms with Gasteiger partial charge in [-0.3, -0.25) is 9.59 Å². The molecule has 2 aliphatic rings. The molecule has 12 heteroatoms. The highest BCUT2D eigenvalue weighted by Gasteiger charge is 2.27. The Hall–Kier alpha value is -4.61. The van der Waals surface area contributed by atoms with Crippen LogP contribution in [0.4, 0.5) is 10.6 Å². The van der Waals surface area contributed by atoms with Crippen molar-refractivity contribution in [1.82, 2.24) is 30.0 Å². The average Bonchev–Trinajstić information content (AvgIpc) is 3.40. The maximum absolute atomic E-state index is 13.6. The van der Waals surface area contributed by atoms with Crippen LogP contribution in [0.2, 0.25) is 0 Å². The molecule has 232 valence electrons. The number of carbonyl (C=O) groups is 3. The van der Waals surface area contributed by atoms with Gasteiger partial charge >= 0.3 is 6.09 Å². The summed E-state index contributed by atoms with van der Waals surface area (Å²) in [7, 11) is 0. The zero-order valence-electron chi connectivity index (χ0n) is 26.4. The first-order valence-electron chi connectivity index (χ1n) is 14.9. The minimum Gasteiger partial charge on any atom is -0.444 e. The third-order valence-corrected chi connectivity index (χ3v) is 7.64. The highest BCUT2D eigenvalue weighted by Crippen LogP contribution is 2.28.